The average Bonchev–Trinajstić information content (AvgIpc) is 3.26. The van der Waals surface area contributed by atoms with Crippen molar-refractivity contribution in [2.24, 2.45) is 4.99 Å². The Hall–Kier alpha value is -3.69. The fraction of sp³-hybridized carbons (Fsp3) is 0.273. The molecule has 10 heteroatoms. The van der Waals surface area contributed by atoms with Gasteiger partial charge in [0, 0.05) is 37.7 Å². The second-order valence-electron chi connectivity index (χ2n) is 6.61. The summed E-state index contributed by atoms with van der Waals surface area (Å²) in [6.45, 7) is -2.24. The van der Waals surface area contributed by atoms with Crippen LogP contribution < -0.4 is 20.1 Å². The number of methoxy groups -OCH3 is 1. The summed E-state index contributed by atoms with van der Waals surface area (Å²) in [7, 11) is 3.09. The third-order valence-electron chi connectivity index (χ3n) is 4.47. The number of aromatic nitrogens is 1. The minimum atomic E-state index is -2.93. The van der Waals surface area contributed by atoms with Crippen molar-refractivity contribution in [3.63, 3.8) is 0 Å². The zero-order chi connectivity index (χ0) is 22.9. The lowest BCUT2D eigenvalue weighted by atomic mass is 10.2. The quantitative estimate of drug-likeness (QED) is 0.381. The monoisotopic (exact) mass is 448 g/mol. The number of nitrogens with one attached hydrogen (secondary N) is 2. The molecule has 3 aromatic rings. The Balaban J connectivity index is 1.53. The molecular weight excluding hydrogens is 425 g/mol. The van der Waals surface area contributed by atoms with E-state index in [1.807, 2.05) is 0 Å². The highest BCUT2D eigenvalue weighted by Crippen LogP contribution is 2.25. The number of nitrogens with zero attached hydrogens (tertiary/aromatic N) is 2. The lowest BCUT2D eigenvalue weighted by molar-refractivity contribution is -0.0505. The van der Waals surface area contributed by atoms with Crippen molar-refractivity contribution in [1.29, 1.82) is 0 Å². The van der Waals surface area contributed by atoms with Crippen LogP contribution in [0.1, 0.15) is 11.3 Å². The van der Waals surface area contributed by atoms with Crippen molar-refractivity contribution >= 4 is 5.96 Å². The molecular formula is C22H23F3N4O3. The Kier molecular flexibility index (Phi) is 7.96. The normalized spacial score (nSPS) is 11.5. The zero-order valence-corrected chi connectivity index (χ0v) is 17.6. The Morgan fingerprint density at radius 3 is 2.62 bits per heavy atom. The van der Waals surface area contributed by atoms with E-state index in [1.54, 1.807) is 37.6 Å². The second kappa shape index (κ2) is 11.1. The Morgan fingerprint density at radius 1 is 1.16 bits per heavy atom. The molecule has 0 radical (unpaired) electrons. The molecule has 0 unspecified atom stereocenters. The lowest BCUT2D eigenvalue weighted by Gasteiger charge is -2.15. The van der Waals surface area contributed by atoms with Crippen LogP contribution in [0.25, 0.3) is 11.5 Å². The van der Waals surface area contributed by atoms with E-state index in [1.165, 1.54) is 25.3 Å². The maximum atomic E-state index is 13.0. The molecule has 2 aromatic carbocycles. The first-order valence-corrected chi connectivity index (χ1v) is 9.75. The number of rotatable bonds is 9. The predicted molar refractivity (Wildman–Crippen MR) is 113 cm³/mol. The second-order valence-corrected chi connectivity index (χ2v) is 6.61. The largest absolute Gasteiger partial charge is 0.497 e. The third kappa shape index (κ3) is 6.40. The molecule has 0 fully saturated rings. The standard InChI is InChI=1S/C22H23F3N4O3/c1-26-22(28-12-15-11-18(30-2)7-8-19(15)32-21(24)25)27-10-9-17-13-31-20(29-17)14-3-5-16(23)6-4-14/h3-8,11,13,21H,9-10,12H2,1-2H3,(H2,26,27,28). The molecule has 1 aromatic heterocycles. The summed E-state index contributed by atoms with van der Waals surface area (Å²) < 4.78 is 53.5. The van der Waals surface area contributed by atoms with E-state index in [9.17, 15) is 13.2 Å². The maximum absolute atomic E-state index is 13.0. The SMILES string of the molecule is CN=C(NCCc1coc(-c2ccc(F)cc2)n1)NCc1cc(OC)ccc1OC(F)F. The molecule has 170 valence electrons. The van der Waals surface area contributed by atoms with Crippen molar-refractivity contribution in [3.05, 3.63) is 65.8 Å². The molecule has 0 bridgehead atoms. The fourth-order valence-corrected chi connectivity index (χ4v) is 2.89. The van der Waals surface area contributed by atoms with Gasteiger partial charge in [0.2, 0.25) is 5.89 Å². The van der Waals surface area contributed by atoms with Crippen LogP contribution in [0.3, 0.4) is 0 Å². The van der Waals surface area contributed by atoms with Crippen LogP contribution in [0, 0.1) is 5.82 Å². The van der Waals surface area contributed by atoms with Crippen molar-refractivity contribution in [2.75, 3.05) is 20.7 Å². The molecule has 0 saturated carbocycles. The number of hydrogen-bond donors (Lipinski definition) is 2. The summed E-state index contributed by atoms with van der Waals surface area (Å²) >= 11 is 0. The van der Waals surface area contributed by atoms with Gasteiger partial charge in [-0.2, -0.15) is 8.78 Å². The first kappa shape index (κ1) is 23.0. The minimum Gasteiger partial charge on any atom is -0.497 e. The predicted octanol–water partition coefficient (Wildman–Crippen LogP) is 4.00. The summed E-state index contributed by atoms with van der Waals surface area (Å²) in [5.41, 5.74) is 1.89. The third-order valence-corrected chi connectivity index (χ3v) is 4.47. The van der Waals surface area contributed by atoms with Crippen LogP contribution in [-0.4, -0.2) is 38.3 Å². The minimum absolute atomic E-state index is 0.0553. The topological polar surface area (TPSA) is 80.9 Å². The zero-order valence-electron chi connectivity index (χ0n) is 17.6. The average molecular weight is 448 g/mol. The van der Waals surface area contributed by atoms with Crippen molar-refractivity contribution in [3.8, 4) is 23.0 Å². The van der Waals surface area contributed by atoms with E-state index in [4.69, 9.17) is 9.15 Å². The summed E-state index contributed by atoms with van der Waals surface area (Å²) in [5, 5.41) is 6.17. The van der Waals surface area contributed by atoms with Gasteiger partial charge in [0.15, 0.2) is 5.96 Å². The van der Waals surface area contributed by atoms with Gasteiger partial charge in [0.1, 0.15) is 23.6 Å². The molecule has 0 aliphatic heterocycles. The van der Waals surface area contributed by atoms with Crippen molar-refractivity contribution in [1.82, 2.24) is 15.6 Å². The molecule has 0 amide bonds. The van der Waals surface area contributed by atoms with Gasteiger partial charge < -0.3 is 24.5 Å². The van der Waals surface area contributed by atoms with Gasteiger partial charge in [-0.1, -0.05) is 0 Å². The molecule has 0 atom stereocenters. The fourth-order valence-electron chi connectivity index (χ4n) is 2.89. The van der Waals surface area contributed by atoms with E-state index >= 15 is 0 Å². The number of hydrogen-bond acceptors (Lipinski definition) is 5. The number of aliphatic imine (C=N–C) groups is 1. The van der Waals surface area contributed by atoms with Gasteiger partial charge >= 0.3 is 6.61 Å². The van der Waals surface area contributed by atoms with Gasteiger partial charge in [-0.3, -0.25) is 4.99 Å². The van der Waals surface area contributed by atoms with Gasteiger partial charge in [0.25, 0.3) is 0 Å². The van der Waals surface area contributed by atoms with Gasteiger partial charge in [-0.05, 0) is 42.5 Å². The summed E-state index contributed by atoms with van der Waals surface area (Å²) in [6, 6.07) is 10.5. The van der Waals surface area contributed by atoms with Crippen molar-refractivity contribution < 1.29 is 27.1 Å². The van der Waals surface area contributed by atoms with E-state index in [0.717, 1.165) is 0 Å². The number of benzene rings is 2. The number of guanidine groups is 1. The van der Waals surface area contributed by atoms with Crippen LogP contribution in [0.4, 0.5) is 13.2 Å². The van der Waals surface area contributed by atoms with Gasteiger partial charge in [-0.25, -0.2) is 9.37 Å². The maximum Gasteiger partial charge on any atom is 0.387 e. The van der Waals surface area contributed by atoms with Crippen LogP contribution in [0.15, 0.2) is 58.1 Å². The van der Waals surface area contributed by atoms with Crippen LogP contribution in [0.2, 0.25) is 0 Å². The van der Waals surface area contributed by atoms with Crippen LogP contribution in [0.5, 0.6) is 11.5 Å². The highest BCUT2D eigenvalue weighted by molar-refractivity contribution is 5.79. The number of halogens is 3. The summed E-state index contributed by atoms with van der Waals surface area (Å²) in [5.74, 6) is 1.13. The van der Waals surface area contributed by atoms with Crippen LogP contribution >= 0.6 is 0 Å². The summed E-state index contributed by atoms with van der Waals surface area (Å²) in [6.07, 6.45) is 2.09. The van der Waals surface area contributed by atoms with E-state index < -0.39 is 6.61 Å². The molecule has 3 rings (SSSR count). The van der Waals surface area contributed by atoms with Crippen molar-refractivity contribution in [2.45, 2.75) is 19.6 Å². The Morgan fingerprint density at radius 2 is 1.94 bits per heavy atom. The highest BCUT2D eigenvalue weighted by Gasteiger charge is 2.12. The van der Waals surface area contributed by atoms with E-state index in [2.05, 4.69) is 25.3 Å². The van der Waals surface area contributed by atoms with Crippen LogP contribution in [-0.2, 0) is 13.0 Å². The highest BCUT2D eigenvalue weighted by atomic mass is 19.3. The molecule has 2 N–H and O–H groups in total. The lowest BCUT2D eigenvalue weighted by Crippen LogP contribution is -2.38. The number of ether oxygens (including phenoxy) is 2. The van der Waals surface area contributed by atoms with E-state index in [0.29, 0.717) is 47.4 Å². The molecule has 7 nitrogen and oxygen atoms in total. The van der Waals surface area contributed by atoms with E-state index in [-0.39, 0.29) is 18.1 Å². The first-order valence-electron chi connectivity index (χ1n) is 9.75. The smallest absolute Gasteiger partial charge is 0.387 e. The first-order chi connectivity index (χ1) is 15.5. The Labute approximate surface area is 183 Å². The summed E-state index contributed by atoms with van der Waals surface area (Å²) in [4.78, 5) is 8.52. The molecule has 1 heterocycles. The van der Waals surface area contributed by atoms with Gasteiger partial charge in [-0.15, -0.1) is 0 Å². The molecule has 0 saturated heterocycles. The number of oxazole rings is 1. The van der Waals surface area contributed by atoms with Gasteiger partial charge in [0.05, 0.1) is 12.8 Å². The molecule has 32 heavy (non-hydrogen) atoms. The molecule has 0 aliphatic carbocycles. The molecule has 0 spiro atoms. The molecule has 0 aliphatic rings. The Bertz CT molecular complexity index is 1040. The number of alkyl halides is 2.